The van der Waals surface area contributed by atoms with Gasteiger partial charge < -0.3 is 4.90 Å². The average Bonchev–Trinajstić information content (AvgIpc) is 2.74. The van der Waals surface area contributed by atoms with E-state index in [2.05, 4.69) is 4.98 Å². The number of hydrogen-bond donors (Lipinski definition) is 0. The van der Waals surface area contributed by atoms with Crippen LogP contribution in [0.25, 0.3) is 0 Å². The second kappa shape index (κ2) is 2.93. The summed E-state index contributed by atoms with van der Waals surface area (Å²) < 4.78 is 27.1. The number of anilines is 1. The Morgan fingerprint density at radius 3 is 2.88 bits per heavy atom. The van der Waals surface area contributed by atoms with Gasteiger partial charge in [-0.2, -0.15) is 0 Å². The smallest absolute Gasteiger partial charge is 0.259 e. The van der Waals surface area contributed by atoms with Crippen LogP contribution in [0, 0.1) is 11.3 Å². The van der Waals surface area contributed by atoms with Gasteiger partial charge in [-0.25, -0.2) is 13.8 Å². The Balaban J connectivity index is 1.80. The molecule has 2 nitrogen and oxygen atoms in total. The van der Waals surface area contributed by atoms with E-state index >= 15 is 0 Å². The fourth-order valence-corrected chi connectivity index (χ4v) is 2.76. The number of alkyl halides is 2. The molecule has 4 heteroatoms. The molecule has 3 rings (SSSR count). The van der Waals surface area contributed by atoms with Crippen LogP contribution in [0.3, 0.4) is 0 Å². The van der Waals surface area contributed by atoms with E-state index in [9.17, 15) is 8.78 Å². The van der Waals surface area contributed by atoms with Gasteiger partial charge in [0.2, 0.25) is 0 Å². The first-order chi connectivity index (χ1) is 7.56. The van der Waals surface area contributed by atoms with Crippen LogP contribution in [0.5, 0.6) is 0 Å². The predicted molar refractivity (Wildman–Crippen MR) is 57.6 cm³/mol. The van der Waals surface area contributed by atoms with Gasteiger partial charge in [-0.15, -0.1) is 0 Å². The first kappa shape index (κ1) is 10.00. The van der Waals surface area contributed by atoms with Crippen molar-refractivity contribution in [3.8, 4) is 0 Å². The molecule has 0 spiro atoms. The largest absolute Gasteiger partial charge is 0.356 e. The van der Waals surface area contributed by atoms with Crippen LogP contribution in [0.15, 0.2) is 24.4 Å². The highest BCUT2D eigenvalue weighted by molar-refractivity contribution is 5.41. The van der Waals surface area contributed by atoms with Gasteiger partial charge in [0.1, 0.15) is 5.82 Å². The van der Waals surface area contributed by atoms with E-state index in [1.165, 1.54) is 0 Å². The van der Waals surface area contributed by atoms with Crippen LogP contribution in [0.2, 0.25) is 0 Å². The quantitative estimate of drug-likeness (QED) is 0.728. The van der Waals surface area contributed by atoms with Crippen molar-refractivity contribution in [1.29, 1.82) is 0 Å². The zero-order valence-electron chi connectivity index (χ0n) is 9.16. The standard InChI is InChI=1S/C12H14F2N2/c1-11-5-7-16(8-9(11)12(11,13)14)10-4-2-3-6-15-10/h2-4,6,9H,5,7-8H2,1H3. The highest BCUT2D eigenvalue weighted by atomic mass is 19.3. The molecule has 0 radical (unpaired) electrons. The molecule has 0 N–H and O–H groups in total. The van der Waals surface area contributed by atoms with Crippen molar-refractivity contribution < 1.29 is 8.78 Å². The Morgan fingerprint density at radius 2 is 2.25 bits per heavy atom. The van der Waals surface area contributed by atoms with E-state index < -0.39 is 17.3 Å². The molecule has 1 aromatic rings. The molecule has 2 fully saturated rings. The predicted octanol–water partition coefficient (Wildman–Crippen LogP) is 2.56. The second-order valence-electron chi connectivity index (χ2n) is 4.98. The maximum absolute atomic E-state index is 13.5. The minimum Gasteiger partial charge on any atom is -0.356 e. The fourth-order valence-electron chi connectivity index (χ4n) is 2.76. The van der Waals surface area contributed by atoms with E-state index in [1.54, 1.807) is 13.1 Å². The summed E-state index contributed by atoms with van der Waals surface area (Å²) >= 11 is 0. The molecule has 1 aliphatic carbocycles. The van der Waals surface area contributed by atoms with Crippen LogP contribution in [0.1, 0.15) is 13.3 Å². The van der Waals surface area contributed by atoms with Gasteiger partial charge in [0.25, 0.3) is 5.92 Å². The van der Waals surface area contributed by atoms with Crippen molar-refractivity contribution in [2.75, 3.05) is 18.0 Å². The van der Waals surface area contributed by atoms with E-state index in [4.69, 9.17) is 0 Å². The number of hydrogen-bond acceptors (Lipinski definition) is 2. The molecule has 2 aliphatic rings. The first-order valence-electron chi connectivity index (χ1n) is 5.59. The molecule has 0 bridgehead atoms. The molecule has 86 valence electrons. The third-order valence-corrected chi connectivity index (χ3v) is 4.16. The molecule has 0 aromatic carbocycles. The minimum absolute atomic E-state index is 0.431. The number of rotatable bonds is 1. The van der Waals surface area contributed by atoms with Gasteiger partial charge in [0.05, 0.1) is 5.92 Å². The Kier molecular flexibility index (Phi) is 1.83. The number of fused-ring (bicyclic) bond motifs is 1. The molecule has 1 aromatic heterocycles. The van der Waals surface area contributed by atoms with Gasteiger partial charge in [-0.1, -0.05) is 13.0 Å². The van der Waals surface area contributed by atoms with Crippen molar-refractivity contribution in [3.05, 3.63) is 24.4 Å². The number of nitrogens with zero attached hydrogens (tertiary/aromatic N) is 2. The maximum Gasteiger partial charge on any atom is 0.259 e. The summed E-state index contributed by atoms with van der Waals surface area (Å²) in [5.74, 6) is -2.15. The number of piperidine rings is 1. The Bertz CT molecular complexity index is 407. The van der Waals surface area contributed by atoms with Gasteiger partial charge in [0, 0.05) is 24.7 Å². The molecule has 1 saturated heterocycles. The normalized spacial score (nSPS) is 35.7. The Hall–Kier alpha value is -1.19. The lowest BCUT2D eigenvalue weighted by atomic mass is 9.97. The van der Waals surface area contributed by atoms with Crippen molar-refractivity contribution >= 4 is 5.82 Å². The summed E-state index contributed by atoms with van der Waals surface area (Å²) in [7, 11) is 0. The highest BCUT2D eigenvalue weighted by Crippen LogP contribution is 2.69. The SMILES string of the molecule is CC12CCN(c3ccccn3)CC1C2(F)F. The van der Waals surface area contributed by atoms with E-state index in [0.29, 0.717) is 19.5 Å². The molecule has 2 atom stereocenters. The van der Waals surface area contributed by atoms with Crippen molar-refractivity contribution in [1.82, 2.24) is 4.98 Å². The zero-order valence-corrected chi connectivity index (χ0v) is 9.16. The lowest BCUT2D eigenvalue weighted by Gasteiger charge is -2.29. The van der Waals surface area contributed by atoms with Gasteiger partial charge in [-0.05, 0) is 18.6 Å². The third-order valence-electron chi connectivity index (χ3n) is 4.16. The summed E-state index contributed by atoms with van der Waals surface area (Å²) in [4.78, 5) is 6.17. The molecule has 2 unspecified atom stereocenters. The van der Waals surface area contributed by atoms with Gasteiger partial charge in [-0.3, -0.25) is 0 Å². The lowest BCUT2D eigenvalue weighted by molar-refractivity contribution is 0.0636. The second-order valence-corrected chi connectivity index (χ2v) is 4.98. The van der Waals surface area contributed by atoms with Crippen LogP contribution < -0.4 is 4.90 Å². The molecule has 2 heterocycles. The highest BCUT2D eigenvalue weighted by Gasteiger charge is 2.78. The monoisotopic (exact) mass is 224 g/mol. The molecular formula is C12H14F2N2. The van der Waals surface area contributed by atoms with Crippen LogP contribution in [-0.4, -0.2) is 24.0 Å². The van der Waals surface area contributed by atoms with Crippen molar-refractivity contribution in [2.24, 2.45) is 11.3 Å². The molecule has 1 saturated carbocycles. The first-order valence-corrected chi connectivity index (χ1v) is 5.59. The number of pyridine rings is 1. The van der Waals surface area contributed by atoms with E-state index in [1.807, 2.05) is 23.1 Å². The van der Waals surface area contributed by atoms with E-state index in [0.717, 1.165) is 5.82 Å². The minimum atomic E-state index is -2.48. The van der Waals surface area contributed by atoms with Crippen LogP contribution >= 0.6 is 0 Å². The molecular weight excluding hydrogens is 210 g/mol. The topological polar surface area (TPSA) is 16.1 Å². The van der Waals surface area contributed by atoms with Crippen LogP contribution in [0.4, 0.5) is 14.6 Å². The van der Waals surface area contributed by atoms with Crippen molar-refractivity contribution in [3.63, 3.8) is 0 Å². The summed E-state index contributed by atoms with van der Waals surface area (Å²) in [6.45, 7) is 2.81. The molecule has 16 heavy (non-hydrogen) atoms. The molecule has 0 amide bonds. The summed E-state index contributed by atoms with van der Waals surface area (Å²) in [5, 5.41) is 0. The fraction of sp³-hybridized carbons (Fsp3) is 0.583. The van der Waals surface area contributed by atoms with E-state index in [-0.39, 0.29) is 0 Å². The lowest BCUT2D eigenvalue weighted by Crippen LogP contribution is -2.34. The maximum atomic E-state index is 13.5. The Morgan fingerprint density at radius 1 is 1.44 bits per heavy atom. The summed E-state index contributed by atoms with van der Waals surface area (Å²) in [6, 6.07) is 5.60. The average molecular weight is 224 g/mol. The van der Waals surface area contributed by atoms with Crippen LogP contribution in [-0.2, 0) is 0 Å². The molecule has 1 aliphatic heterocycles. The third kappa shape index (κ3) is 1.13. The van der Waals surface area contributed by atoms with Crippen molar-refractivity contribution in [2.45, 2.75) is 19.3 Å². The van der Waals surface area contributed by atoms with Gasteiger partial charge >= 0.3 is 0 Å². The number of aromatic nitrogens is 1. The number of halogens is 2. The summed E-state index contributed by atoms with van der Waals surface area (Å²) in [6.07, 6.45) is 2.26. The van der Waals surface area contributed by atoms with Gasteiger partial charge in [0.15, 0.2) is 0 Å². The Labute approximate surface area is 93.3 Å². The zero-order chi connectivity index (χ0) is 11.4. The summed E-state index contributed by atoms with van der Waals surface area (Å²) in [5.41, 5.74) is -0.752.